The Morgan fingerprint density at radius 2 is 2.05 bits per heavy atom. The standard InChI is InChI=1S/C17H28N2/c1-3-17-10-12-19(14-15(2)13-18-17)11-9-16-7-5-4-6-8-16/h4-8,15,17-18H,3,9-14H2,1-2H3. The van der Waals surface area contributed by atoms with E-state index in [1.54, 1.807) is 0 Å². The molecule has 2 atom stereocenters. The van der Waals surface area contributed by atoms with Crippen LogP contribution < -0.4 is 5.32 Å². The van der Waals surface area contributed by atoms with Crippen LogP contribution in [0.3, 0.4) is 0 Å². The van der Waals surface area contributed by atoms with Gasteiger partial charge in [-0.2, -0.15) is 0 Å². The van der Waals surface area contributed by atoms with E-state index < -0.39 is 0 Å². The van der Waals surface area contributed by atoms with Crippen molar-refractivity contribution in [2.24, 2.45) is 5.92 Å². The van der Waals surface area contributed by atoms with Crippen molar-refractivity contribution < 1.29 is 0 Å². The van der Waals surface area contributed by atoms with E-state index in [-0.39, 0.29) is 0 Å². The van der Waals surface area contributed by atoms with Crippen molar-refractivity contribution in [1.82, 2.24) is 10.2 Å². The second kappa shape index (κ2) is 7.66. The summed E-state index contributed by atoms with van der Waals surface area (Å²) in [5.41, 5.74) is 1.46. The van der Waals surface area contributed by atoms with Gasteiger partial charge in [0.1, 0.15) is 0 Å². The number of nitrogens with zero attached hydrogens (tertiary/aromatic N) is 1. The molecule has 0 spiro atoms. The summed E-state index contributed by atoms with van der Waals surface area (Å²) in [6, 6.07) is 11.6. The van der Waals surface area contributed by atoms with Crippen molar-refractivity contribution in [2.75, 3.05) is 26.2 Å². The Morgan fingerprint density at radius 3 is 2.79 bits per heavy atom. The Bertz CT molecular complexity index is 350. The van der Waals surface area contributed by atoms with E-state index in [1.165, 1.54) is 51.0 Å². The zero-order valence-corrected chi connectivity index (χ0v) is 12.4. The summed E-state index contributed by atoms with van der Waals surface area (Å²) in [4.78, 5) is 2.65. The fourth-order valence-corrected chi connectivity index (χ4v) is 2.89. The molecule has 1 saturated heterocycles. The highest BCUT2D eigenvalue weighted by Gasteiger charge is 2.17. The summed E-state index contributed by atoms with van der Waals surface area (Å²) in [5, 5.41) is 3.69. The van der Waals surface area contributed by atoms with Gasteiger partial charge in [-0.3, -0.25) is 0 Å². The van der Waals surface area contributed by atoms with Crippen LogP contribution in [-0.2, 0) is 6.42 Å². The Balaban J connectivity index is 1.84. The topological polar surface area (TPSA) is 15.3 Å². The van der Waals surface area contributed by atoms with Crippen LogP contribution in [0.1, 0.15) is 32.3 Å². The Morgan fingerprint density at radius 1 is 1.26 bits per heavy atom. The molecule has 1 aliphatic heterocycles. The lowest BCUT2D eigenvalue weighted by Gasteiger charge is -2.32. The third-order valence-electron chi connectivity index (χ3n) is 4.17. The van der Waals surface area contributed by atoms with Crippen LogP contribution in [0.4, 0.5) is 0 Å². The van der Waals surface area contributed by atoms with Gasteiger partial charge in [-0.1, -0.05) is 44.2 Å². The quantitative estimate of drug-likeness (QED) is 0.895. The maximum absolute atomic E-state index is 3.69. The highest BCUT2D eigenvalue weighted by atomic mass is 15.1. The van der Waals surface area contributed by atoms with Gasteiger partial charge in [-0.15, -0.1) is 0 Å². The first-order valence-corrected chi connectivity index (χ1v) is 7.77. The summed E-state index contributed by atoms with van der Waals surface area (Å²) in [6.07, 6.45) is 3.72. The lowest BCUT2D eigenvalue weighted by molar-refractivity contribution is 0.199. The molecule has 2 unspecified atom stereocenters. The molecule has 0 amide bonds. The summed E-state index contributed by atoms with van der Waals surface area (Å²) in [7, 11) is 0. The molecule has 1 heterocycles. The molecule has 0 bridgehead atoms. The van der Waals surface area contributed by atoms with E-state index in [0.717, 1.165) is 5.92 Å². The van der Waals surface area contributed by atoms with Gasteiger partial charge in [-0.25, -0.2) is 0 Å². The fourth-order valence-electron chi connectivity index (χ4n) is 2.89. The van der Waals surface area contributed by atoms with Gasteiger partial charge in [0.2, 0.25) is 0 Å². The molecule has 0 saturated carbocycles. The van der Waals surface area contributed by atoms with Crippen molar-refractivity contribution in [3.05, 3.63) is 35.9 Å². The molecule has 1 aliphatic rings. The van der Waals surface area contributed by atoms with E-state index in [0.29, 0.717) is 6.04 Å². The molecule has 1 aromatic carbocycles. The molecule has 2 rings (SSSR count). The Kier molecular flexibility index (Phi) is 5.87. The second-order valence-corrected chi connectivity index (χ2v) is 5.94. The largest absolute Gasteiger partial charge is 0.314 e. The number of rotatable bonds is 4. The van der Waals surface area contributed by atoms with Crippen LogP contribution in [0.25, 0.3) is 0 Å². The Hall–Kier alpha value is -0.860. The monoisotopic (exact) mass is 260 g/mol. The SMILES string of the molecule is CCC1CCN(CCc2ccccc2)CC(C)CN1. The van der Waals surface area contributed by atoms with Crippen molar-refractivity contribution in [3.63, 3.8) is 0 Å². The summed E-state index contributed by atoms with van der Waals surface area (Å²) >= 11 is 0. The van der Waals surface area contributed by atoms with Crippen molar-refractivity contribution in [3.8, 4) is 0 Å². The number of nitrogens with one attached hydrogen (secondary N) is 1. The normalized spacial score (nSPS) is 25.8. The predicted molar refractivity (Wildman–Crippen MR) is 82.4 cm³/mol. The third-order valence-corrected chi connectivity index (χ3v) is 4.17. The molecule has 2 heteroatoms. The van der Waals surface area contributed by atoms with Crippen LogP contribution >= 0.6 is 0 Å². The molecular formula is C17H28N2. The number of benzene rings is 1. The van der Waals surface area contributed by atoms with Crippen LogP contribution in [0.2, 0.25) is 0 Å². The molecule has 106 valence electrons. The molecule has 19 heavy (non-hydrogen) atoms. The molecule has 1 aromatic rings. The highest BCUT2D eigenvalue weighted by Crippen LogP contribution is 2.10. The minimum absolute atomic E-state index is 0.710. The molecule has 0 radical (unpaired) electrons. The number of hydrogen-bond donors (Lipinski definition) is 1. The first-order chi connectivity index (χ1) is 9.28. The Labute approximate surface area is 118 Å². The number of hydrogen-bond acceptors (Lipinski definition) is 2. The van der Waals surface area contributed by atoms with Gasteiger partial charge in [0, 0.05) is 19.1 Å². The first-order valence-electron chi connectivity index (χ1n) is 7.77. The molecule has 1 N–H and O–H groups in total. The summed E-state index contributed by atoms with van der Waals surface area (Å²) in [5.74, 6) is 0.755. The predicted octanol–water partition coefficient (Wildman–Crippen LogP) is 2.94. The summed E-state index contributed by atoms with van der Waals surface area (Å²) < 4.78 is 0. The molecule has 0 aliphatic carbocycles. The maximum Gasteiger partial charge on any atom is 0.00767 e. The molecule has 2 nitrogen and oxygen atoms in total. The maximum atomic E-state index is 3.69. The highest BCUT2D eigenvalue weighted by molar-refractivity contribution is 5.14. The smallest absolute Gasteiger partial charge is 0.00767 e. The third kappa shape index (κ3) is 4.96. The van der Waals surface area contributed by atoms with Crippen LogP contribution in [0.5, 0.6) is 0 Å². The average Bonchev–Trinajstić information content (AvgIpc) is 2.43. The van der Waals surface area contributed by atoms with E-state index in [4.69, 9.17) is 0 Å². The van der Waals surface area contributed by atoms with Crippen molar-refractivity contribution in [2.45, 2.75) is 39.2 Å². The van der Waals surface area contributed by atoms with Crippen LogP contribution in [-0.4, -0.2) is 37.1 Å². The van der Waals surface area contributed by atoms with Gasteiger partial charge in [0.15, 0.2) is 0 Å². The zero-order valence-electron chi connectivity index (χ0n) is 12.4. The van der Waals surface area contributed by atoms with Gasteiger partial charge >= 0.3 is 0 Å². The molecular weight excluding hydrogens is 232 g/mol. The summed E-state index contributed by atoms with van der Waals surface area (Å²) in [6.45, 7) is 9.49. The molecule has 0 aromatic heterocycles. The van der Waals surface area contributed by atoms with E-state index >= 15 is 0 Å². The van der Waals surface area contributed by atoms with Gasteiger partial charge in [0.25, 0.3) is 0 Å². The van der Waals surface area contributed by atoms with Gasteiger partial charge < -0.3 is 10.2 Å². The second-order valence-electron chi connectivity index (χ2n) is 5.94. The first kappa shape index (κ1) is 14.5. The van der Waals surface area contributed by atoms with E-state index in [2.05, 4.69) is 54.4 Å². The van der Waals surface area contributed by atoms with E-state index in [9.17, 15) is 0 Å². The molecule has 1 fully saturated rings. The minimum atomic E-state index is 0.710. The average molecular weight is 260 g/mol. The van der Waals surface area contributed by atoms with Gasteiger partial charge in [0.05, 0.1) is 0 Å². The van der Waals surface area contributed by atoms with Gasteiger partial charge in [-0.05, 0) is 43.8 Å². The van der Waals surface area contributed by atoms with Crippen molar-refractivity contribution in [1.29, 1.82) is 0 Å². The minimum Gasteiger partial charge on any atom is -0.314 e. The lowest BCUT2D eigenvalue weighted by Crippen LogP contribution is -2.43. The van der Waals surface area contributed by atoms with Crippen LogP contribution in [0, 0.1) is 5.92 Å². The van der Waals surface area contributed by atoms with Crippen molar-refractivity contribution >= 4 is 0 Å². The lowest BCUT2D eigenvalue weighted by atomic mass is 10.0. The zero-order chi connectivity index (χ0) is 13.5. The van der Waals surface area contributed by atoms with Crippen LogP contribution in [0.15, 0.2) is 30.3 Å². The van der Waals surface area contributed by atoms with E-state index in [1.807, 2.05) is 0 Å². The fraction of sp³-hybridized carbons (Fsp3) is 0.647.